The average molecular weight is 246 g/mol. The van der Waals surface area contributed by atoms with E-state index in [2.05, 4.69) is 40.5 Å². The standard InChI is InChI=1S/C18H30/c1-7-15(4)16(5)10-13(2)8-9-14(3)11-18-12-17(18)6/h7,13,16-18H,1,3-4,8-12H2,2,5-6H3. The molecule has 0 aromatic heterocycles. The molecule has 0 radical (unpaired) electrons. The SMILES string of the molecule is C=CC(=C)C(C)CC(C)CCC(=C)CC1CC1C. The van der Waals surface area contributed by atoms with E-state index >= 15 is 0 Å². The van der Waals surface area contributed by atoms with Crippen molar-refractivity contribution in [2.75, 3.05) is 0 Å². The molecule has 4 atom stereocenters. The highest BCUT2D eigenvalue weighted by Gasteiger charge is 2.32. The second-order valence-electron chi connectivity index (χ2n) is 6.49. The van der Waals surface area contributed by atoms with Gasteiger partial charge in [-0.15, -0.1) is 0 Å². The maximum absolute atomic E-state index is 4.24. The van der Waals surface area contributed by atoms with Crippen LogP contribution in [0.15, 0.2) is 37.0 Å². The van der Waals surface area contributed by atoms with E-state index in [9.17, 15) is 0 Å². The molecule has 0 aromatic carbocycles. The van der Waals surface area contributed by atoms with E-state index in [1.54, 1.807) is 0 Å². The fourth-order valence-electron chi connectivity index (χ4n) is 2.68. The summed E-state index contributed by atoms with van der Waals surface area (Å²) in [5.41, 5.74) is 2.64. The van der Waals surface area contributed by atoms with Gasteiger partial charge in [0.25, 0.3) is 0 Å². The van der Waals surface area contributed by atoms with Crippen molar-refractivity contribution < 1.29 is 0 Å². The monoisotopic (exact) mass is 246 g/mol. The fraction of sp³-hybridized carbons (Fsp3) is 0.667. The Balaban J connectivity index is 2.15. The third-order valence-corrected chi connectivity index (χ3v) is 4.47. The highest BCUT2D eigenvalue weighted by Crippen LogP contribution is 2.42. The van der Waals surface area contributed by atoms with Crippen molar-refractivity contribution in [1.29, 1.82) is 0 Å². The molecule has 1 saturated carbocycles. The third kappa shape index (κ3) is 5.25. The van der Waals surface area contributed by atoms with Gasteiger partial charge in [-0.05, 0) is 55.8 Å². The first kappa shape index (κ1) is 15.3. The van der Waals surface area contributed by atoms with Gasteiger partial charge in [-0.2, -0.15) is 0 Å². The molecule has 0 heteroatoms. The summed E-state index contributed by atoms with van der Waals surface area (Å²) >= 11 is 0. The van der Waals surface area contributed by atoms with E-state index in [-0.39, 0.29) is 0 Å². The van der Waals surface area contributed by atoms with Crippen molar-refractivity contribution in [2.24, 2.45) is 23.7 Å². The molecular weight excluding hydrogens is 216 g/mol. The van der Waals surface area contributed by atoms with Crippen molar-refractivity contribution in [3.8, 4) is 0 Å². The minimum Gasteiger partial charge on any atom is -0.0999 e. The molecule has 1 rings (SSSR count). The van der Waals surface area contributed by atoms with Gasteiger partial charge in [-0.1, -0.05) is 57.7 Å². The van der Waals surface area contributed by atoms with Gasteiger partial charge in [0.05, 0.1) is 0 Å². The second-order valence-corrected chi connectivity index (χ2v) is 6.49. The highest BCUT2D eigenvalue weighted by molar-refractivity contribution is 5.14. The molecule has 18 heavy (non-hydrogen) atoms. The predicted molar refractivity (Wildman–Crippen MR) is 82.5 cm³/mol. The Hall–Kier alpha value is -0.780. The van der Waals surface area contributed by atoms with Gasteiger partial charge < -0.3 is 0 Å². The van der Waals surface area contributed by atoms with Gasteiger partial charge in [-0.25, -0.2) is 0 Å². The van der Waals surface area contributed by atoms with Crippen molar-refractivity contribution in [3.63, 3.8) is 0 Å². The van der Waals surface area contributed by atoms with E-state index in [0.29, 0.717) is 5.92 Å². The van der Waals surface area contributed by atoms with Crippen LogP contribution in [-0.4, -0.2) is 0 Å². The lowest BCUT2D eigenvalue weighted by atomic mass is 9.88. The molecule has 1 aliphatic rings. The van der Waals surface area contributed by atoms with Crippen molar-refractivity contribution in [3.05, 3.63) is 37.0 Å². The largest absolute Gasteiger partial charge is 0.0999 e. The topological polar surface area (TPSA) is 0 Å². The molecule has 0 aliphatic heterocycles. The summed E-state index contributed by atoms with van der Waals surface area (Å²) in [7, 11) is 0. The second kappa shape index (κ2) is 6.97. The first-order chi connectivity index (χ1) is 8.43. The first-order valence-electron chi connectivity index (χ1n) is 7.41. The first-order valence-corrected chi connectivity index (χ1v) is 7.41. The number of hydrogen-bond donors (Lipinski definition) is 0. The zero-order valence-corrected chi connectivity index (χ0v) is 12.5. The van der Waals surface area contributed by atoms with Gasteiger partial charge >= 0.3 is 0 Å². The van der Waals surface area contributed by atoms with Gasteiger partial charge in [0.2, 0.25) is 0 Å². The van der Waals surface area contributed by atoms with Crippen molar-refractivity contribution in [2.45, 2.75) is 52.9 Å². The molecule has 0 spiro atoms. The van der Waals surface area contributed by atoms with E-state index in [1.807, 2.05) is 6.08 Å². The Morgan fingerprint density at radius 2 is 1.94 bits per heavy atom. The van der Waals surface area contributed by atoms with E-state index in [1.165, 1.54) is 43.3 Å². The molecule has 0 N–H and O–H groups in total. The molecular formula is C18H30. The smallest absolute Gasteiger partial charge is 0.0194 e. The molecule has 0 saturated heterocycles. The zero-order chi connectivity index (χ0) is 13.7. The van der Waals surface area contributed by atoms with Crippen LogP contribution in [0.1, 0.15) is 52.9 Å². The molecule has 0 aromatic rings. The van der Waals surface area contributed by atoms with Crippen molar-refractivity contribution >= 4 is 0 Å². The number of hydrogen-bond acceptors (Lipinski definition) is 0. The molecule has 0 heterocycles. The normalized spacial score (nSPS) is 25.3. The molecule has 1 aliphatic carbocycles. The van der Waals surface area contributed by atoms with Crippen LogP contribution >= 0.6 is 0 Å². The summed E-state index contributed by atoms with van der Waals surface area (Å²) in [5.74, 6) is 3.22. The Bertz CT molecular complexity index is 310. The zero-order valence-electron chi connectivity index (χ0n) is 12.5. The summed E-state index contributed by atoms with van der Waals surface area (Å²) in [6.45, 7) is 19.0. The Kier molecular flexibility index (Phi) is 5.91. The van der Waals surface area contributed by atoms with Crippen molar-refractivity contribution in [1.82, 2.24) is 0 Å². The molecule has 0 nitrogen and oxygen atoms in total. The number of allylic oxidation sites excluding steroid dienone is 3. The fourth-order valence-corrected chi connectivity index (χ4v) is 2.68. The Morgan fingerprint density at radius 3 is 2.44 bits per heavy atom. The minimum absolute atomic E-state index is 0.564. The summed E-state index contributed by atoms with van der Waals surface area (Å²) in [6.07, 6.45) is 8.28. The predicted octanol–water partition coefficient (Wildman–Crippen LogP) is 5.77. The average Bonchev–Trinajstić information content (AvgIpc) is 3.01. The highest BCUT2D eigenvalue weighted by atomic mass is 14.4. The van der Waals surface area contributed by atoms with Crippen LogP contribution in [0.25, 0.3) is 0 Å². The maximum Gasteiger partial charge on any atom is -0.0194 e. The van der Waals surface area contributed by atoms with Crippen LogP contribution in [0.2, 0.25) is 0 Å². The quantitative estimate of drug-likeness (QED) is 0.358. The molecule has 0 amide bonds. The molecule has 4 unspecified atom stereocenters. The van der Waals surface area contributed by atoms with Crippen LogP contribution in [0.4, 0.5) is 0 Å². The summed E-state index contributed by atoms with van der Waals surface area (Å²) in [4.78, 5) is 0. The Morgan fingerprint density at radius 1 is 1.33 bits per heavy atom. The number of rotatable bonds is 9. The molecule has 1 fully saturated rings. The van der Waals surface area contributed by atoms with Crippen LogP contribution in [0, 0.1) is 23.7 Å². The van der Waals surface area contributed by atoms with Crippen LogP contribution in [-0.2, 0) is 0 Å². The van der Waals surface area contributed by atoms with Crippen LogP contribution < -0.4 is 0 Å². The van der Waals surface area contributed by atoms with Gasteiger partial charge in [0, 0.05) is 0 Å². The van der Waals surface area contributed by atoms with Gasteiger partial charge in [-0.3, -0.25) is 0 Å². The van der Waals surface area contributed by atoms with E-state index in [0.717, 1.165) is 17.8 Å². The maximum atomic E-state index is 4.24. The van der Waals surface area contributed by atoms with Gasteiger partial charge in [0.15, 0.2) is 0 Å². The molecule has 0 bridgehead atoms. The Labute approximate surface area is 114 Å². The van der Waals surface area contributed by atoms with Crippen LogP contribution in [0.5, 0.6) is 0 Å². The lowest BCUT2D eigenvalue weighted by Gasteiger charge is -2.18. The summed E-state index contributed by atoms with van der Waals surface area (Å²) < 4.78 is 0. The third-order valence-electron chi connectivity index (χ3n) is 4.47. The molecule has 102 valence electrons. The van der Waals surface area contributed by atoms with Gasteiger partial charge in [0.1, 0.15) is 0 Å². The minimum atomic E-state index is 0.564. The summed E-state index contributed by atoms with van der Waals surface area (Å²) in [5, 5.41) is 0. The summed E-state index contributed by atoms with van der Waals surface area (Å²) in [6, 6.07) is 0. The van der Waals surface area contributed by atoms with Crippen LogP contribution in [0.3, 0.4) is 0 Å². The van der Waals surface area contributed by atoms with E-state index < -0.39 is 0 Å². The van der Waals surface area contributed by atoms with E-state index in [4.69, 9.17) is 0 Å². The lowest BCUT2D eigenvalue weighted by Crippen LogP contribution is -2.05. The lowest BCUT2D eigenvalue weighted by molar-refractivity contribution is 0.428.